The molecule has 0 fully saturated rings. The zero-order chi connectivity index (χ0) is 23.3. The van der Waals surface area contributed by atoms with Gasteiger partial charge in [0.2, 0.25) is 5.91 Å². The van der Waals surface area contributed by atoms with Crippen molar-refractivity contribution in [3.63, 3.8) is 0 Å². The zero-order valence-electron chi connectivity index (χ0n) is 19.9. The van der Waals surface area contributed by atoms with Gasteiger partial charge in [0, 0.05) is 13.0 Å². The van der Waals surface area contributed by atoms with Crippen LogP contribution in [0.15, 0.2) is 66.8 Å². The van der Waals surface area contributed by atoms with Gasteiger partial charge in [-0.2, -0.15) is 0 Å². The summed E-state index contributed by atoms with van der Waals surface area (Å²) in [5.74, 6) is 0.568. The van der Waals surface area contributed by atoms with Crippen LogP contribution in [0.3, 0.4) is 0 Å². The summed E-state index contributed by atoms with van der Waals surface area (Å²) in [6.45, 7) is 2.66. The Labute approximate surface area is 194 Å². The number of allylic oxidation sites excluding steroid dienone is 8. The second-order valence-corrected chi connectivity index (χ2v) is 7.76. The number of benzene rings is 1. The van der Waals surface area contributed by atoms with E-state index in [1.165, 1.54) is 26.4 Å². The second kappa shape index (κ2) is 19.0. The van der Waals surface area contributed by atoms with Gasteiger partial charge < -0.3 is 15.2 Å². The van der Waals surface area contributed by atoms with Crippen LogP contribution in [0, 0.1) is 0 Å². The summed E-state index contributed by atoms with van der Waals surface area (Å²) in [6.07, 6.45) is 27.9. The highest BCUT2D eigenvalue weighted by molar-refractivity contribution is 5.75. The third-order valence-electron chi connectivity index (χ3n) is 4.97. The first-order valence-corrected chi connectivity index (χ1v) is 11.9. The van der Waals surface area contributed by atoms with Crippen molar-refractivity contribution >= 4 is 5.91 Å². The molecule has 1 amide bonds. The maximum absolute atomic E-state index is 12.0. The zero-order valence-corrected chi connectivity index (χ0v) is 19.9. The minimum Gasteiger partial charge on any atom is -0.504 e. The predicted octanol–water partition coefficient (Wildman–Crippen LogP) is 7.16. The first kappa shape index (κ1) is 27.3. The van der Waals surface area contributed by atoms with Gasteiger partial charge in [0.1, 0.15) is 0 Å². The summed E-state index contributed by atoms with van der Waals surface area (Å²) in [6, 6.07) is 5.09. The van der Waals surface area contributed by atoms with Crippen molar-refractivity contribution in [3.8, 4) is 11.5 Å². The van der Waals surface area contributed by atoms with Crippen LogP contribution in [0.25, 0.3) is 0 Å². The van der Waals surface area contributed by atoms with Crippen molar-refractivity contribution in [2.75, 3.05) is 7.11 Å². The van der Waals surface area contributed by atoms with E-state index in [0.717, 1.165) is 44.1 Å². The predicted molar refractivity (Wildman–Crippen MR) is 135 cm³/mol. The number of carbonyl (C=O) groups excluding carboxylic acids is 1. The Hall–Kier alpha value is -2.75. The van der Waals surface area contributed by atoms with Crippen molar-refractivity contribution in [2.45, 2.75) is 77.7 Å². The first-order valence-electron chi connectivity index (χ1n) is 11.9. The van der Waals surface area contributed by atoms with E-state index in [1.807, 2.05) is 0 Å². The maximum atomic E-state index is 12.0. The largest absolute Gasteiger partial charge is 0.504 e. The van der Waals surface area contributed by atoms with Crippen LogP contribution in [0.1, 0.15) is 76.7 Å². The SMILES string of the molecule is CCCC/C=C\C/C=C\C/C=C\C/C=C\CCCCC(=O)NCc1ccc(O)c(OC)c1. The number of phenolic OH excluding ortho intramolecular Hbond substituents is 1. The molecule has 0 aliphatic heterocycles. The number of amides is 1. The Morgan fingerprint density at radius 1 is 0.906 bits per heavy atom. The van der Waals surface area contributed by atoms with E-state index in [2.05, 4.69) is 60.8 Å². The molecule has 0 spiro atoms. The highest BCUT2D eigenvalue weighted by atomic mass is 16.5. The lowest BCUT2D eigenvalue weighted by Crippen LogP contribution is -2.22. The van der Waals surface area contributed by atoms with E-state index in [0.29, 0.717) is 18.7 Å². The monoisotopic (exact) mass is 439 g/mol. The second-order valence-electron chi connectivity index (χ2n) is 7.76. The number of methoxy groups -OCH3 is 1. The number of carbonyl (C=O) groups is 1. The maximum Gasteiger partial charge on any atom is 0.220 e. The number of aromatic hydroxyl groups is 1. The van der Waals surface area contributed by atoms with Gasteiger partial charge in [0.25, 0.3) is 0 Å². The molecule has 1 aromatic rings. The Kier molecular flexibility index (Phi) is 16.2. The minimum absolute atomic E-state index is 0.0495. The Balaban J connectivity index is 2.01. The molecule has 0 heterocycles. The number of nitrogens with one attached hydrogen (secondary N) is 1. The summed E-state index contributed by atoms with van der Waals surface area (Å²) in [5, 5.41) is 12.5. The van der Waals surface area contributed by atoms with E-state index >= 15 is 0 Å². The standard InChI is InChI=1S/C28H41NO3/c1-3-4-5-6-7-8-9-10-11-12-13-14-15-16-17-18-19-20-28(31)29-24-25-21-22-26(30)27(23-25)32-2/h6-7,9-10,12-13,15-16,21-23,30H,3-5,8,11,14,17-20,24H2,1-2H3,(H,29,31)/b7-6-,10-9-,13-12-,16-15-. The first-order chi connectivity index (χ1) is 15.7. The summed E-state index contributed by atoms with van der Waals surface area (Å²) in [7, 11) is 1.51. The molecule has 0 atom stereocenters. The van der Waals surface area contributed by atoms with Crippen LogP contribution in [0.2, 0.25) is 0 Å². The van der Waals surface area contributed by atoms with Crippen LogP contribution in [-0.2, 0) is 11.3 Å². The van der Waals surface area contributed by atoms with Crippen molar-refractivity contribution in [3.05, 3.63) is 72.4 Å². The molecule has 0 saturated heterocycles. The Morgan fingerprint density at radius 3 is 2.09 bits per heavy atom. The summed E-state index contributed by atoms with van der Waals surface area (Å²) in [4.78, 5) is 12.0. The van der Waals surface area contributed by atoms with E-state index in [1.54, 1.807) is 18.2 Å². The fourth-order valence-corrected chi connectivity index (χ4v) is 3.04. The number of hydrogen-bond donors (Lipinski definition) is 2. The molecule has 4 nitrogen and oxygen atoms in total. The van der Waals surface area contributed by atoms with Gasteiger partial charge in [-0.3, -0.25) is 4.79 Å². The van der Waals surface area contributed by atoms with Gasteiger partial charge in [-0.1, -0.05) is 74.4 Å². The fraction of sp³-hybridized carbons (Fsp3) is 0.464. The van der Waals surface area contributed by atoms with Crippen LogP contribution < -0.4 is 10.1 Å². The summed E-state index contributed by atoms with van der Waals surface area (Å²) < 4.78 is 5.08. The quantitative estimate of drug-likeness (QED) is 0.200. The molecule has 4 heteroatoms. The van der Waals surface area contributed by atoms with Crippen molar-refractivity contribution in [2.24, 2.45) is 0 Å². The summed E-state index contributed by atoms with van der Waals surface area (Å²) >= 11 is 0. The molecule has 1 rings (SSSR count). The molecule has 0 radical (unpaired) electrons. The molecule has 0 bridgehead atoms. The third kappa shape index (κ3) is 14.3. The molecule has 0 unspecified atom stereocenters. The summed E-state index contributed by atoms with van der Waals surface area (Å²) in [5.41, 5.74) is 0.902. The number of phenols is 1. The van der Waals surface area contributed by atoms with E-state index in [4.69, 9.17) is 4.74 Å². The molecule has 0 saturated carbocycles. The number of unbranched alkanes of at least 4 members (excludes halogenated alkanes) is 4. The van der Waals surface area contributed by atoms with Crippen LogP contribution in [-0.4, -0.2) is 18.1 Å². The van der Waals surface area contributed by atoms with E-state index < -0.39 is 0 Å². The van der Waals surface area contributed by atoms with Gasteiger partial charge in [-0.15, -0.1) is 0 Å². The third-order valence-corrected chi connectivity index (χ3v) is 4.97. The number of ether oxygens (including phenoxy) is 1. The average Bonchev–Trinajstić information content (AvgIpc) is 2.80. The Bertz CT molecular complexity index is 747. The number of rotatable bonds is 17. The topological polar surface area (TPSA) is 58.6 Å². The van der Waals surface area contributed by atoms with Crippen LogP contribution in [0.5, 0.6) is 11.5 Å². The van der Waals surface area contributed by atoms with Gasteiger partial charge in [0.05, 0.1) is 7.11 Å². The van der Waals surface area contributed by atoms with E-state index in [9.17, 15) is 9.90 Å². The highest BCUT2D eigenvalue weighted by Gasteiger charge is 2.04. The molecular formula is C28H41NO3. The van der Waals surface area contributed by atoms with Gasteiger partial charge in [-0.05, 0) is 62.6 Å². The molecule has 176 valence electrons. The molecule has 0 aliphatic carbocycles. The molecule has 0 aliphatic rings. The highest BCUT2D eigenvalue weighted by Crippen LogP contribution is 2.26. The van der Waals surface area contributed by atoms with Gasteiger partial charge >= 0.3 is 0 Å². The van der Waals surface area contributed by atoms with Crippen molar-refractivity contribution in [1.82, 2.24) is 5.32 Å². The molecule has 0 aromatic heterocycles. The smallest absolute Gasteiger partial charge is 0.220 e. The molecule has 2 N–H and O–H groups in total. The lowest BCUT2D eigenvalue weighted by molar-refractivity contribution is -0.121. The lowest BCUT2D eigenvalue weighted by Gasteiger charge is -2.08. The van der Waals surface area contributed by atoms with Gasteiger partial charge in [0.15, 0.2) is 11.5 Å². The molecule has 1 aromatic carbocycles. The van der Waals surface area contributed by atoms with Crippen molar-refractivity contribution < 1.29 is 14.6 Å². The van der Waals surface area contributed by atoms with E-state index in [-0.39, 0.29) is 11.7 Å². The number of hydrogen-bond acceptors (Lipinski definition) is 3. The molecule has 32 heavy (non-hydrogen) atoms. The fourth-order valence-electron chi connectivity index (χ4n) is 3.04. The Morgan fingerprint density at radius 2 is 1.50 bits per heavy atom. The van der Waals surface area contributed by atoms with Crippen molar-refractivity contribution in [1.29, 1.82) is 0 Å². The van der Waals surface area contributed by atoms with Gasteiger partial charge in [-0.25, -0.2) is 0 Å². The minimum atomic E-state index is 0.0495. The lowest BCUT2D eigenvalue weighted by atomic mass is 10.1. The average molecular weight is 440 g/mol. The van der Waals surface area contributed by atoms with Crippen LogP contribution in [0.4, 0.5) is 0 Å². The van der Waals surface area contributed by atoms with Crippen LogP contribution >= 0.6 is 0 Å². The molecular weight excluding hydrogens is 398 g/mol. The normalized spacial score (nSPS) is 11.9.